The third-order valence-electron chi connectivity index (χ3n) is 3.91. The van der Waals surface area contributed by atoms with Crippen molar-refractivity contribution in [3.63, 3.8) is 0 Å². The second kappa shape index (κ2) is 4.83. The Kier molecular flexibility index (Phi) is 3.21. The van der Waals surface area contributed by atoms with Gasteiger partial charge in [0.2, 0.25) is 0 Å². The van der Waals surface area contributed by atoms with E-state index in [2.05, 4.69) is 20.9 Å². The van der Waals surface area contributed by atoms with Gasteiger partial charge in [-0.25, -0.2) is 4.98 Å². The quantitative estimate of drug-likeness (QED) is 0.715. The molecule has 2 saturated heterocycles. The van der Waals surface area contributed by atoms with Crippen LogP contribution in [0.25, 0.3) is 0 Å². The van der Waals surface area contributed by atoms with Crippen LogP contribution in [0.1, 0.15) is 19.3 Å². The van der Waals surface area contributed by atoms with E-state index in [0.29, 0.717) is 5.15 Å². The molecular weight excluding hydrogens is 234 g/mol. The molecule has 1 atom stereocenters. The highest BCUT2D eigenvalue weighted by Gasteiger charge is 2.28. The van der Waals surface area contributed by atoms with Gasteiger partial charge in [-0.1, -0.05) is 18.0 Å². The minimum atomic E-state index is 0.591. The maximum absolute atomic E-state index is 5.95. The molecule has 92 valence electrons. The first-order chi connectivity index (χ1) is 8.33. The molecule has 0 aliphatic carbocycles. The topological polar surface area (TPSA) is 19.4 Å². The number of rotatable bonds is 1. The molecule has 1 aromatic heterocycles. The average molecular weight is 252 g/mol. The molecule has 0 radical (unpaired) electrons. The molecule has 17 heavy (non-hydrogen) atoms. The highest BCUT2D eigenvalue weighted by atomic mass is 35.5. The molecule has 3 heterocycles. The van der Waals surface area contributed by atoms with E-state index >= 15 is 0 Å². The zero-order valence-corrected chi connectivity index (χ0v) is 10.7. The smallest absolute Gasteiger partial charge is 0.131 e. The van der Waals surface area contributed by atoms with Gasteiger partial charge in [0.25, 0.3) is 0 Å². The Labute approximate surface area is 107 Å². The second-order valence-corrected chi connectivity index (χ2v) is 5.36. The van der Waals surface area contributed by atoms with Crippen molar-refractivity contribution in [2.45, 2.75) is 25.3 Å². The number of halogens is 1. The van der Waals surface area contributed by atoms with Crippen LogP contribution in [0.2, 0.25) is 5.15 Å². The fourth-order valence-electron chi connectivity index (χ4n) is 2.98. The van der Waals surface area contributed by atoms with Crippen LogP contribution in [0.4, 0.5) is 5.69 Å². The summed E-state index contributed by atoms with van der Waals surface area (Å²) < 4.78 is 0. The minimum absolute atomic E-state index is 0.591. The van der Waals surface area contributed by atoms with Crippen molar-refractivity contribution in [2.24, 2.45) is 0 Å². The van der Waals surface area contributed by atoms with Crippen molar-refractivity contribution in [1.82, 2.24) is 9.88 Å². The molecular formula is C13H18ClN3. The van der Waals surface area contributed by atoms with Gasteiger partial charge in [0.15, 0.2) is 0 Å². The Morgan fingerprint density at radius 3 is 3.06 bits per heavy atom. The maximum atomic E-state index is 5.95. The molecule has 0 amide bonds. The number of aromatic nitrogens is 1. The zero-order chi connectivity index (χ0) is 11.7. The predicted molar refractivity (Wildman–Crippen MR) is 70.7 cm³/mol. The predicted octanol–water partition coefficient (Wildman–Crippen LogP) is 2.41. The van der Waals surface area contributed by atoms with Gasteiger partial charge in [0, 0.05) is 37.6 Å². The molecule has 3 rings (SSSR count). The number of hydrogen-bond donors (Lipinski definition) is 0. The maximum Gasteiger partial charge on any atom is 0.131 e. The SMILES string of the molecule is Clc1cc(N2CCN3CCCCC3C2)ccn1. The monoisotopic (exact) mass is 251 g/mol. The summed E-state index contributed by atoms with van der Waals surface area (Å²) in [5.74, 6) is 0. The van der Waals surface area contributed by atoms with Crippen LogP contribution in [0.5, 0.6) is 0 Å². The van der Waals surface area contributed by atoms with Crippen LogP contribution in [-0.2, 0) is 0 Å². The van der Waals surface area contributed by atoms with Crippen molar-refractivity contribution in [3.05, 3.63) is 23.5 Å². The molecule has 0 N–H and O–H groups in total. The zero-order valence-electron chi connectivity index (χ0n) is 9.98. The van der Waals surface area contributed by atoms with Crippen LogP contribution in [0.15, 0.2) is 18.3 Å². The molecule has 1 unspecified atom stereocenters. The molecule has 1 aromatic rings. The lowest BCUT2D eigenvalue weighted by Gasteiger charge is -2.44. The number of piperidine rings is 1. The van der Waals surface area contributed by atoms with Crippen LogP contribution in [0, 0.1) is 0 Å². The Morgan fingerprint density at radius 2 is 2.18 bits per heavy atom. The first kappa shape index (κ1) is 11.3. The molecule has 0 bridgehead atoms. The number of pyridine rings is 1. The molecule has 2 aliphatic rings. The molecule has 0 aromatic carbocycles. The number of nitrogens with zero attached hydrogens (tertiary/aromatic N) is 3. The van der Waals surface area contributed by atoms with Gasteiger partial charge in [0.1, 0.15) is 5.15 Å². The van der Waals surface area contributed by atoms with Gasteiger partial charge in [-0.2, -0.15) is 0 Å². The molecule has 3 nitrogen and oxygen atoms in total. The van der Waals surface area contributed by atoms with Crippen molar-refractivity contribution >= 4 is 17.3 Å². The van der Waals surface area contributed by atoms with Crippen molar-refractivity contribution in [2.75, 3.05) is 31.1 Å². The first-order valence-electron chi connectivity index (χ1n) is 6.43. The number of fused-ring (bicyclic) bond motifs is 1. The van der Waals surface area contributed by atoms with Gasteiger partial charge in [-0.3, -0.25) is 4.90 Å². The summed E-state index contributed by atoms with van der Waals surface area (Å²) >= 11 is 5.95. The third-order valence-corrected chi connectivity index (χ3v) is 4.12. The Morgan fingerprint density at radius 1 is 1.24 bits per heavy atom. The van der Waals surface area contributed by atoms with E-state index < -0.39 is 0 Å². The van der Waals surface area contributed by atoms with Gasteiger partial charge in [-0.05, 0) is 31.5 Å². The summed E-state index contributed by atoms with van der Waals surface area (Å²) in [6, 6.07) is 4.77. The Hall–Kier alpha value is -0.800. The van der Waals surface area contributed by atoms with Gasteiger partial charge < -0.3 is 4.90 Å². The van der Waals surface area contributed by atoms with E-state index in [9.17, 15) is 0 Å². The first-order valence-corrected chi connectivity index (χ1v) is 6.81. The van der Waals surface area contributed by atoms with Crippen molar-refractivity contribution in [1.29, 1.82) is 0 Å². The molecule has 4 heteroatoms. The summed E-state index contributed by atoms with van der Waals surface area (Å²) in [6.45, 7) is 4.72. The summed E-state index contributed by atoms with van der Waals surface area (Å²) in [6.07, 6.45) is 5.89. The molecule has 2 aliphatic heterocycles. The highest BCUT2D eigenvalue weighted by molar-refractivity contribution is 6.29. The lowest BCUT2D eigenvalue weighted by Crippen LogP contribution is -2.54. The fourth-order valence-corrected chi connectivity index (χ4v) is 3.15. The van der Waals surface area contributed by atoms with E-state index in [1.54, 1.807) is 6.20 Å². The Bertz CT molecular complexity index is 396. The van der Waals surface area contributed by atoms with E-state index in [1.807, 2.05) is 6.07 Å². The standard InChI is InChI=1S/C13H18ClN3/c14-13-9-11(4-5-15-13)17-8-7-16-6-2-1-3-12(16)10-17/h4-5,9,12H,1-3,6-8,10H2. The summed E-state index contributed by atoms with van der Waals surface area (Å²) in [5.41, 5.74) is 1.22. The van der Waals surface area contributed by atoms with Crippen molar-refractivity contribution < 1.29 is 0 Å². The number of hydrogen-bond acceptors (Lipinski definition) is 3. The van der Waals surface area contributed by atoms with Crippen LogP contribution in [0.3, 0.4) is 0 Å². The molecule has 2 fully saturated rings. The van der Waals surface area contributed by atoms with Crippen LogP contribution >= 0.6 is 11.6 Å². The largest absolute Gasteiger partial charge is 0.369 e. The van der Waals surface area contributed by atoms with E-state index in [0.717, 1.165) is 19.1 Å². The second-order valence-electron chi connectivity index (χ2n) is 4.97. The number of piperazine rings is 1. The third kappa shape index (κ3) is 2.40. The van der Waals surface area contributed by atoms with E-state index in [1.165, 1.54) is 38.0 Å². The van der Waals surface area contributed by atoms with Crippen molar-refractivity contribution in [3.8, 4) is 0 Å². The van der Waals surface area contributed by atoms with E-state index in [4.69, 9.17) is 11.6 Å². The van der Waals surface area contributed by atoms with Gasteiger partial charge in [0.05, 0.1) is 0 Å². The van der Waals surface area contributed by atoms with Crippen LogP contribution < -0.4 is 4.90 Å². The molecule has 0 spiro atoms. The van der Waals surface area contributed by atoms with Gasteiger partial charge in [-0.15, -0.1) is 0 Å². The fraction of sp³-hybridized carbons (Fsp3) is 0.615. The van der Waals surface area contributed by atoms with E-state index in [-0.39, 0.29) is 0 Å². The normalized spacial score (nSPS) is 25.7. The lowest BCUT2D eigenvalue weighted by molar-refractivity contribution is 0.133. The van der Waals surface area contributed by atoms with Crippen LogP contribution in [-0.4, -0.2) is 42.1 Å². The average Bonchev–Trinajstić information content (AvgIpc) is 2.38. The number of anilines is 1. The highest BCUT2D eigenvalue weighted by Crippen LogP contribution is 2.25. The van der Waals surface area contributed by atoms with Gasteiger partial charge >= 0.3 is 0 Å². The summed E-state index contributed by atoms with van der Waals surface area (Å²) in [5, 5.41) is 0.591. The molecule has 0 saturated carbocycles. The summed E-state index contributed by atoms with van der Waals surface area (Å²) in [7, 11) is 0. The lowest BCUT2D eigenvalue weighted by atomic mass is 9.99. The minimum Gasteiger partial charge on any atom is -0.369 e. The Balaban J connectivity index is 1.73. The summed E-state index contributed by atoms with van der Waals surface area (Å²) in [4.78, 5) is 9.13.